The maximum absolute atomic E-state index is 11.1. The molecular formula is C8H11N3O. The molecule has 1 aromatic rings. The number of rotatable bonds is 2. The Morgan fingerprint density at radius 3 is 2.92 bits per heavy atom. The standard InChI is InChI=1S/C8H11N3O/c1-3-6-4-7(8(12)9-2)11-5-10-6/h4-5H,3H2,1-2H3,(H,9,12). The van der Waals surface area contributed by atoms with Crippen LogP contribution in [0.5, 0.6) is 0 Å². The number of nitrogens with one attached hydrogen (secondary N) is 1. The van der Waals surface area contributed by atoms with Crippen molar-refractivity contribution in [3.63, 3.8) is 0 Å². The van der Waals surface area contributed by atoms with E-state index in [0.29, 0.717) is 5.69 Å². The third-order valence-electron chi connectivity index (χ3n) is 1.55. The minimum Gasteiger partial charge on any atom is -0.354 e. The van der Waals surface area contributed by atoms with Crippen molar-refractivity contribution in [1.29, 1.82) is 0 Å². The highest BCUT2D eigenvalue weighted by Crippen LogP contribution is 1.97. The SMILES string of the molecule is CCc1cc(C(=O)NC)ncn1. The number of amides is 1. The lowest BCUT2D eigenvalue weighted by Crippen LogP contribution is -2.19. The van der Waals surface area contributed by atoms with E-state index in [9.17, 15) is 4.79 Å². The Balaban J connectivity index is 2.93. The fourth-order valence-electron chi connectivity index (χ4n) is 0.843. The smallest absolute Gasteiger partial charge is 0.269 e. The summed E-state index contributed by atoms with van der Waals surface area (Å²) in [5, 5.41) is 2.50. The third-order valence-corrected chi connectivity index (χ3v) is 1.55. The van der Waals surface area contributed by atoms with Gasteiger partial charge in [-0.15, -0.1) is 0 Å². The van der Waals surface area contributed by atoms with Crippen LogP contribution in [0, 0.1) is 0 Å². The van der Waals surface area contributed by atoms with Gasteiger partial charge in [-0.1, -0.05) is 6.92 Å². The molecule has 4 nitrogen and oxygen atoms in total. The van der Waals surface area contributed by atoms with Crippen molar-refractivity contribution in [2.45, 2.75) is 13.3 Å². The van der Waals surface area contributed by atoms with Crippen molar-refractivity contribution in [1.82, 2.24) is 15.3 Å². The summed E-state index contributed by atoms with van der Waals surface area (Å²) in [7, 11) is 1.58. The summed E-state index contributed by atoms with van der Waals surface area (Å²) in [5.41, 5.74) is 1.30. The molecule has 0 fully saturated rings. The number of aryl methyl sites for hydroxylation is 1. The highest BCUT2D eigenvalue weighted by atomic mass is 16.1. The molecule has 0 radical (unpaired) electrons. The fourth-order valence-corrected chi connectivity index (χ4v) is 0.843. The molecule has 1 heterocycles. The van der Waals surface area contributed by atoms with Gasteiger partial charge in [0, 0.05) is 12.7 Å². The second-order valence-electron chi connectivity index (χ2n) is 2.33. The third kappa shape index (κ3) is 1.78. The van der Waals surface area contributed by atoms with Crippen molar-refractivity contribution < 1.29 is 4.79 Å². The highest BCUT2D eigenvalue weighted by molar-refractivity contribution is 5.91. The molecule has 1 amide bonds. The molecule has 0 spiro atoms. The molecule has 0 atom stereocenters. The van der Waals surface area contributed by atoms with Gasteiger partial charge in [0.05, 0.1) is 0 Å². The summed E-state index contributed by atoms with van der Waals surface area (Å²) in [6.07, 6.45) is 2.22. The van der Waals surface area contributed by atoms with Crippen molar-refractivity contribution in [2.24, 2.45) is 0 Å². The number of carbonyl (C=O) groups is 1. The lowest BCUT2D eigenvalue weighted by atomic mass is 10.2. The van der Waals surface area contributed by atoms with Crippen LogP contribution in [0.25, 0.3) is 0 Å². The monoisotopic (exact) mass is 165 g/mol. The summed E-state index contributed by atoms with van der Waals surface area (Å²) >= 11 is 0. The molecule has 0 aliphatic carbocycles. The zero-order valence-electron chi connectivity index (χ0n) is 7.16. The van der Waals surface area contributed by atoms with E-state index in [2.05, 4.69) is 15.3 Å². The van der Waals surface area contributed by atoms with E-state index in [0.717, 1.165) is 12.1 Å². The minimum atomic E-state index is -0.174. The average Bonchev–Trinajstić information content (AvgIpc) is 2.17. The summed E-state index contributed by atoms with van der Waals surface area (Å²) in [6.45, 7) is 1.98. The van der Waals surface area contributed by atoms with E-state index in [1.807, 2.05) is 6.92 Å². The second kappa shape index (κ2) is 3.80. The normalized spacial score (nSPS) is 9.50. The Morgan fingerprint density at radius 1 is 1.58 bits per heavy atom. The highest BCUT2D eigenvalue weighted by Gasteiger charge is 2.04. The van der Waals surface area contributed by atoms with E-state index in [1.165, 1.54) is 6.33 Å². The maximum Gasteiger partial charge on any atom is 0.269 e. The Morgan fingerprint density at radius 2 is 2.33 bits per heavy atom. The number of aromatic nitrogens is 2. The molecule has 64 valence electrons. The molecule has 1 aromatic heterocycles. The Bertz CT molecular complexity index is 285. The van der Waals surface area contributed by atoms with Gasteiger partial charge < -0.3 is 5.32 Å². The zero-order valence-corrected chi connectivity index (χ0v) is 7.16. The van der Waals surface area contributed by atoms with E-state index in [4.69, 9.17) is 0 Å². The van der Waals surface area contributed by atoms with Crippen LogP contribution >= 0.6 is 0 Å². The van der Waals surface area contributed by atoms with Gasteiger partial charge in [0.2, 0.25) is 0 Å². The molecule has 0 unspecified atom stereocenters. The Labute approximate surface area is 71.0 Å². The van der Waals surface area contributed by atoms with Crippen molar-refractivity contribution in [3.05, 3.63) is 23.8 Å². The maximum atomic E-state index is 11.1. The predicted molar refractivity (Wildman–Crippen MR) is 44.8 cm³/mol. The average molecular weight is 165 g/mol. The van der Waals surface area contributed by atoms with Crippen molar-refractivity contribution in [3.8, 4) is 0 Å². The number of hydrogen-bond donors (Lipinski definition) is 1. The van der Waals surface area contributed by atoms with Gasteiger partial charge in [0.15, 0.2) is 0 Å². The van der Waals surface area contributed by atoms with E-state index in [-0.39, 0.29) is 5.91 Å². The molecule has 0 aromatic carbocycles. The van der Waals surface area contributed by atoms with Gasteiger partial charge >= 0.3 is 0 Å². The summed E-state index contributed by atoms with van der Waals surface area (Å²) in [5.74, 6) is -0.174. The number of hydrogen-bond acceptors (Lipinski definition) is 3. The first-order valence-corrected chi connectivity index (χ1v) is 3.81. The lowest BCUT2D eigenvalue weighted by Gasteiger charge is -1.99. The van der Waals surface area contributed by atoms with Crippen LogP contribution in [-0.2, 0) is 6.42 Å². The largest absolute Gasteiger partial charge is 0.354 e. The summed E-state index contributed by atoms with van der Waals surface area (Å²) in [4.78, 5) is 18.9. The van der Waals surface area contributed by atoms with Crippen LogP contribution in [0.15, 0.2) is 12.4 Å². The van der Waals surface area contributed by atoms with E-state index in [1.54, 1.807) is 13.1 Å². The Hall–Kier alpha value is -1.45. The van der Waals surface area contributed by atoms with Crippen LogP contribution in [0.1, 0.15) is 23.1 Å². The van der Waals surface area contributed by atoms with Crippen molar-refractivity contribution in [2.75, 3.05) is 7.05 Å². The van der Waals surface area contributed by atoms with Gasteiger partial charge in [-0.3, -0.25) is 4.79 Å². The van der Waals surface area contributed by atoms with Gasteiger partial charge in [0.1, 0.15) is 12.0 Å². The second-order valence-corrected chi connectivity index (χ2v) is 2.33. The number of nitrogens with zero attached hydrogens (tertiary/aromatic N) is 2. The van der Waals surface area contributed by atoms with Gasteiger partial charge in [-0.25, -0.2) is 9.97 Å². The summed E-state index contributed by atoms with van der Waals surface area (Å²) in [6, 6.07) is 1.69. The quantitative estimate of drug-likeness (QED) is 0.690. The fraction of sp³-hybridized carbons (Fsp3) is 0.375. The van der Waals surface area contributed by atoms with Gasteiger partial charge in [-0.2, -0.15) is 0 Å². The Kier molecular flexibility index (Phi) is 2.74. The predicted octanol–water partition coefficient (Wildman–Crippen LogP) is 0.399. The first-order chi connectivity index (χ1) is 5.77. The van der Waals surface area contributed by atoms with Crippen LogP contribution in [0.3, 0.4) is 0 Å². The van der Waals surface area contributed by atoms with Crippen LogP contribution in [0.2, 0.25) is 0 Å². The molecule has 1 N–H and O–H groups in total. The topological polar surface area (TPSA) is 54.9 Å². The van der Waals surface area contributed by atoms with Crippen LogP contribution in [0.4, 0.5) is 0 Å². The molecule has 0 saturated carbocycles. The molecule has 1 rings (SSSR count). The molecule has 4 heteroatoms. The van der Waals surface area contributed by atoms with E-state index < -0.39 is 0 Å². The van der Waals surface area contributed by atoms with Crippen LogP contribution in [-0.4, -0.2) is 22.9 Å². The zero-order chi connectivity index (χ0) is 8.97. The van der Waals surface area contributed by atoms with Crippen molar-refractivity contribution >= 4 is 5.91 Å². The molecule has 0 bridgehead atoms. The molecule has 12 heavy (non-hydrogen) atoms. The van der Waals surface area contributed by atoms with Crippen LogP contribution < -0.4 is 5.32 Å². The lowest BCUT2D eigenvalue weighted by molar-refractivity contribution is 0.0958. The van der Waals surface area contributed by atoms with E-state index >= 15 is 0 Å². The molecular weight excluding hydrogens is 154 g/mol. The first-order valence-electron chi connectivity index (χ1n) is 3.81. The summed E-state index contributed by atoms with van der Waals surface area (Å²) < 4.78 is 0. The molecule has 0 aliphatic rings. The molecule has 0 aliphatic heterocycles. The number of carbonyl (C=O) groups excluding carboxylic acids is 1. The minimum absolute atomic E-state index is 0.174. The molecule has 0 saturated heterocycles. The van der Waals surface area contributed by atoms with Gasteiger partial charge in [-0.05, 0) is 12.5 Å². The van der Waals surface area contributed by atoms with Gasteiger partial charge in [0.25, 0.3) is 5.91 Å². The first kappa shape index (κ1) is 8.64.